The normalized spacial score (nSPS) is 21.9. The van der Waals surface area contributed by atoms with Gasteiger partial charge in [-0.1, -0.05) is 12.8 Å². The molecule has 0 unspecified atom stereocenters. The predicted octanol–water partition coefficient (Wildman–Crippen LogP) is 0.363. The van der Waals surface area contributed by atoms with Crippen LogP contribution in [0.1, 0.15) is 64.2 Å². The minimum absolute atomic E-state index is 0. The summed E-state index contributed by atoms with van der Waals surface area (Å²) in [5, 5.41) is 27.4. The SMILES string of the molecule is ON=[NH+]C1CCCCC1.ON=[NH+]C1CCCCC1.[O-2]. The molecule has 0 amide bonds. The van der Waals surface area contributed by atoms with Gasteiger partial charge in [-0.15, -0.1) is 10.2 Å². The van der Waals surface area contributed by atoms with Gasteiger partial charge in [0.05, 0.1) is 0 Å². The molecule has 0 aromatic heterocycles. The monoisotopic (exact) mass is 274 g/mol. The standard InChI is InChI=1S/2C6H12N2O.O/c2*9-8-7-6-4-2-1-3-5-6;/h2*6H,1-5H2,(H,7,9);/q;;-2/p+2. The molecule has 2 aliphatic rings. The van der Waals surface area contributed by atoms with E-state index in [1.807, 2.05) is 0 Å². The van der Waals surface area contributed by atoms with Crippen molar-refractivity contribution in [1.29, 1.82) is 0 Å². The van der Waals surface area contributed by atoms with Gasteiger partial charge >= 0.3 is 0 Å². The molecule has 2 saturated carbocycles. The largest absolute Gasteiger partial charge is 2.00 e. The van der Waals surface area contributed by atoms with E-state index >= 15 is 0 Å². The first kappa shape index (κ1) is 17.8. The fourth-order valence-corrected chi connectivity index (χ4v) is 2.63. The van der Waals surface area contributed by atoms with Crippen molar-refractivity contribution >= 4 is 0 Å². The molecule has 0 spiro atoms. The molecule has 0 aromatic carbocycles. The van der Waals surface area contributed by atoms with Crippen molar-refractivity contribution in [3.8, 4) is 0 Å². The summed E-state index contributed by atoms with van der Waals surface area (Å²) in [6, 6.07) is 0.868. The molecule has 7 nitrogen and oxygen atoms in total. The lowest BCUT2D eigenvalue weighted by Gasteiger charge is -2.10. The van der Waals surface area contributed by atoms with Crippen LogP contribution in [0.25, 0.3) is 0 Å². The lowest BCUT2D eigenvalue weighted by atomic mass is 9.96. The minimum atomic E-state index is 0. The van der Waals surface area contributed by atoms with Gasteiger partial charge in [0.1, 0.15) is 0 Å². The fraction of sp³-hybridized carbons (Fsp3) is 1.00. The van der Waals surface area contributed by atoms with E-state index in [-0.39, 0.29) is 5.48 Å². The molecular formula is C12H26N4O3. The van der Waals surface area contributed by atoms with Gasteiger partial charge in [-0.25, -0.2) is 0 Å². The van der Waals surface area contributed by atoms with Gasteiger partial charge in [0.25, 0.3) is 0 Å². The Morgan fingerprint density at radius 2 is 0.947 bits per heavy atom. The fourth-order valence-electron chi connectivity index (χ4n) is 2.63. The van der Waals surface area contributed by atoms with Gasteiger partial charge in [-0.3, -0.25) is 0 Å². The Bertz CT molecular complexity index is 223. The zero-order valence-electron chi connectivity index (χ0n) is 11.4. The predicted molar refractivity (Wildman–Crippen MR) is 64.8 cm³/mol. The molecule has 112 valence electrons. The Kier molecular flexibility index (Phi) is 11.1. The smallest absolute Gasteiger partial charge is 0.182 e. The van der Waals surface area contributed by atoms with Gasteiger partial charge in [0.2, 0.25) is 0 Å². The number of rotatable bonds is 2. The first-order chi connectivity index (χ1) is 8.86. The number of nitrogens with zero attached hydrogens (tertiary/aromatic N) is 2. The van der Waals surface area contributed by atoms with Crippen molar-refractivity contribution in [3.05, 3.63) is 0 Å². The maximum atomic E-state index is 8.13. The molecule has 0 saturated heterocycles. The molecule has 19 heavy (non-hydrogen) atoms. The van der Waals surface area contributed by atoms with Crippen molar-refractivity contribution in [2.45, 2.75) is 76.3 Å². The first-order valence-corrected chi connectivity index (χ1v) is 7.06. The number of nitrogens with one attached hydrogen (secondary N) is 2. The highest BCUT2D eigenvalue weighted by atomic mass is 16.5. The summed E-state index contributed by atoms with van der Waals surface area (Å²) in [5.74, 6) is 0. The summed E-state index contributed by atoms with van der Waals surface area (Å²) in [6.45, 7) is 0. The number of hydrogen-bond donors (Lipinski definition) is 4. The maximum Gasteiger partial charge on any atom is 0.182 e. The van der Waals surface area contributed by atoms with E-state index in [0.717, 1.165) is 25.7 Å². The molecule has 2 fully saturated rings. The molecule has 0 bridgehead atoms. The second kappa shape index (κ2) is 11.8. The third kappa shape index (κ3) is 8.47. The highest BCUT2D eigenvalue weighted by Gasteiger charge is 2.17. The van der Waals surface area contributed by atoms with Crippen LogP contribution in [0, 0.1) is 0 Å². The zero-order valence-corrected chi connectivity index (χ0v) is 11.4. The summed E-state index contributed by atoms with van der Waals surface area (Å²) in [6.07, 6.45) is 12.4. The van der Waals surface area contributed by atoms with E-state index in [1.54, 1.807) is 0 Å². The quantitative estimate of drug-likeness (QED) is 0.429. The average Bonchev–Trinajstić information content (AvgIpc) is 2.43. The Balaban J connectivity index is 0.000000324. The lowest BCUT2D eigenvalue weighted by molar-refractivity contribution is -0.601. The summed E-state index contributed by atoms with van der Waals surface area (Å²) >= 11 is 0. The van der Waals surface area contributed by atoms with Crippen LogP contribution in [0.5, 0.6) is 0 Å². The van der Waals surface area contributed by atoms with Gasteiger partial charge in [-0.2, -0.15) is 0 Å². The van der Waals surface area contributed by atoms with E-state index in [4.69, 9.17) is 10.4 Å². The second-order valence-corrected chi connectivity index (χ2v) is 5.13. The summed E-state index contributed by atoms with van der Waals surface area (Å²) in [4.78, 5) is 0. The number of hydrogen-bond acceptors (Lipinski definition) is 2. The molecule has 0 radical (unpaired) electrons. The van der Waals surface area contributed by atoms with Crippen LogP contribution in [-0.4, -0.2) is 22.5 Å². The topological polar surface area (TPSA) is 122 Å². The molecule has 2 rings (SSSR count). The molecule has 4 N–H and O–H groups in total. The van der Waals surface area contributed by atoms with Crippen LogP contribution >= 0.6 is 0 Å². The third-order valence-electron chi connectivity index (χ3n) is 3.69. The average molecular weight is 274 g/mol. The van der Waals surface area contributed by atoms with Crippen LogP contribution in [0.4, 0.5) is 0 Å². The molecule has 0 heterocycles. The van der Waals surface area contributed by atoms with Gasteiger partial charge in [0.15, 0.2) is 22.6 Å². The first-order valence-electron chi connectivity index (χ1n) is 7.06. The van der Waals surface area contributed by atoms with E-state index < -0.39 is 0 Å². The minimum Gasteiger partial charge on any atom is -2.00 e. The van der Waals surface area contributed by atoms with Crippen molar-refractivity contribution in [1.82, 2.24) is 0 Å². The van der Waals surface area contributed by atoms with Crippen LogP contribution in [0.3, 0.4) is 0 Å². The van der Waals surface area contributed by atoms with Gasteiger partial charge in [0, 0.05) is 25.7 Å². The van der Waals surface area contributed by atoms with E-state index in [9.17, 15) is 0 Å². The second-order valence-electron chi connectivity index (χ2n) is 5.13. The highest BCUT2D eigenvalue weighted by molar-refractivity contribution is 4.61. The van der Waals surface area contributed by atoms with Gasteiger partial charge in [-0.05, 0) is 25.7 Å². The Morgan fingerprint density at radius 1 is 0.632 bits per heavy atom. The Labute approximate surface area is 114 Å². The van der Waals surface area contributed by atoms with E-state index in [2.05, 4.69) is 20.8 Å². The van der Waals surface area contributed by atoms with Gasteiger partial charge < -0.3 is 15.9 Å². The molecular weight excluding hydrogens is 248 g/mol. The lowest BCUT2D eigenvalue weighted by Crippen LogP contribution is -2.74. The third-order valence-corrected chi connectivity index (χ3v) is 3.69. The highest BCUT2D eigenvalue weighted by Crippen LogP contribution is 2.14. The molecule has 0 atom stereocenters. The van der Waals surface area contributed by atoms with Crippen molar-refractivity contribution in [3.63, 3.8) is 0 Å². The summed E-state index contributed by atoms with van der Waals surface area (Å²) in [7, 11) is 0. The maximum absolute atomic E-state index is 8.13. The van der Waals surface area contributed by atoms with E-state index in [1.165, 1.54) is 38.5 Å². The summed E-state index contributed by atoms with van der Waals surface area (Å²) in [5.41, 5.74) is 0. The van der Waals surface area contributed by atoms with Crippen molar-refractivity contribution in [2.24, 2.45) is 10.6 Å². The van der Waals surface area contributed by atoms with Crippen LogP contribution < -0.4 is 10.2 Å². The van der Waals surface area contributed by atoms with Crippen LogP contribution in [0.2, 0.25) is 0 Å². The molecule has 2 aliphatic carbocycles. The molecule has 0 aliphatic heterocycles. The Morgan fingerprint density at radius 3 is 1.21 bits per heavy atom. The van der Waals surface area contributed by atoms with Crippen LogP contribution in [-0.2, 0) is 5.48 Å². The zero-order chi connectivity index (χ0) is 13.1. The van der Waals surface area contributed by atoms with Crippen molar-refractivity contribution < 1.29 is 26.1 Å². The van der Waals surface area contributed by atoms with E-state index in [0.29, 0.717) is 12.1 Å². The molecule has 0 aromatic rings. The Hall–Kier alpha value is -1.24. The van der Waals surface area contributed by atoms with Crippen molar-refractivity contribution in [2.75, 3.05) is 0 Å². The molecule has 7 heteroatoms. The summed E-state index contributed by atoms with van der Waals surface area (Å²) < 4.78 is 0. The van der Waals surface area contributed by atoms with Crippen LogP contribution in [0.15, 0.2) is 10.6 Å².